The van der Waals surface area contributed by atoms with Crippen molar-refractivity contribution in [3.63, 3.8) is 0 Å². The van der Waals surface area contributed by atoms with Crippen molar-refractivity contribution in [1.82, 2.24) is 0 Å². The Kier molecular flexibility index (Phi) is 14.0. The first-order valence-electron chi connectivity index (χ1n) is 20.0. The van der Waals surface area contributed by atoms with E-state index < -0.39 is 96.6 Å². The number of aliphatic hydroxyl groups excluding tert-OH is 2. The maximum atomic E-state index is 14.1. The van der Waals surface area contributed by atoms with Crippen LogP contribution in [0.15, 0.2) is 154 Å². The summed E-state index contributed by atoms with van der Waals surface area (Å²) in [5, 5.41) is 46.5. The number of fused-ring (bicyclic) bond motifs is 2. The summed E-state index contributed by atoms with van der Waals surface area (Å²) in [7, 11) is -15.1. The lowest BCUT2D eigenvalue weighted by Crippen LogP contribution is -2.27. The van der Waals surface area contributed by atoms with Gasteiger partial charge in [-0.1, -0.05) is 6.07 Å². The number of ketones is 2. The number of rotatable bonds is 15. The normalized spacial score (nSPS) is 15.8. The van der Waals surface area contributed by atoms with Gasteiger partial charge in [-0.25, -0.2) is 14.8 Å². The Morgan fingerprint density at radius 2 is 1.35 bits per heavy atom. The number of carboxylic acids is 1. The highest BCUT2D eigenvalue weighted by atomic mass is 32.2. The zero-order chi connectivity index (χ0) is 51.6. The van der Waals surface area contributed by atoms with E-state index in [1.54, 1.807) is 19.1 Å². The highest BCUT2D eigenvalue weighted by molar-refractivity contribution is 7.91. The average molecular weight is 1030 g/mol. The molecule has 71 heavy (non-hydrogen) atoms. The van der Waals surface area contributed by atoms with Crippen molar-refractivity contribution in [2.24, 2.45) is 30.4 Å². The number of azo groups is 1. The summed E-state index contributed by atoms with van der Waals surface area (Å²) in [6.07, 6.45) is 4.25. The molecule has 0 saturated carbocycles. The minimum absolute atomic E-state index is 0.0139. The van der Waals surface area contributed by atoms with Crippen LogP contribution in [0.5, 0.6) is 5.75 Å². The standard InChI is InChI=1S/C44H34N8O16S3/c1-3-68-37-21-34(50-48-27-10-8-25(9-11-27)46-43(56)23-4-6-26(7-5-23)47-49-28-12-15-36(54)33(18-28)44(57)58)32-19-29(69(59,60)61)13-14-31(32)40(37)51-52-41-38(71(65,66)67)17-24-16-30(70(62,63)64)20-35(45-22(2)53)39(24)42(41)55/h4-21,47,51H,3H2,1-2H3,(H,45,53)(H,46,56)(H,57,58)(H,59,60,61)(H,62,63,64)(H,65,66,67)/b49-28-,50-48?,52-41-. The Bertz CT molecular complexity index is 3710. The molecule has 2 aliphatic carbocycles. The van der Waals surface area contributed by atoms with Crippen molar-refractivity contribution in [2.75, 3.05) is 17.5 Å². The minimum atomic E-state index is -5.32. The van der Waals surface area contributed by atoms with E-state index in [1.807, 2.05) is 0 Å². The van der Waals surface area contributed by atoms with Gasteiger partial charge in [-0.3, -0.25) is 34.1 Å². The molecular weight excluding hydrogens is 993 g/mol. The quantitative estimate of drug-likeness (QED) is 0.00976. The van der Waals surface area contributed by atoms with Crippen LogP contribution < -0.4 is 15.6 Å². The van der Waals surface area contributed by atoms with Crippen molar-refractivity contribution in [2.45, 2.75) is 23.6 Å². The van der Waals surface area contributed by atoms with Crippen LogP contribution in [0.3, 0.4) is 0 Å². The number of aliphatic hydroxyl groups is 2. The number of aliphatic carboxylic acids is 1. The topological polar surface area (TPSA) is 382 Å². The van der Waals surface area contributed by atoms with Gasteiger partial charge in [0, 0.05) is 29.3 Å². The molecule has 0 spiro atoms. The molecule has 0 atom stereocenters. The number of carboxylic acid groups (broad SMARTS) is 1. The lowest BCUT2D eigenvalue weighted by atomic mass is 9.93. The van der Waals surface area contributed by atoms with Gasteiger partial charge in [0.2, 0.25) is 11.7 Å². The molecule has 0 aromatic heterocycles. The maximum absolute atomic E-state index is 14.1. The van der Waals surface area contributed by atoms with Crippen molar-refractivity contribution in [3.8, 4) is 5.75 Å². The molecule has 8 N–H and O–H groups in total. The molecule has 364 valence electrons. The lowest BCUT2D eigenvalue weighted by Gasteiger charge is -2.19. The lowest BCUT2D eigenvalue weighted by molar-refractivity contribution is -0.134. The molecule has 24 nitrogen and oxygen atoms in total. The number of hydrogen-bond acceptors (Lipinski definition) is 18. The van der Waals surface area contributed by atoms with E-state index in [-0.39, 0.29) is 57.5 Å². The van der Waals surface area contributed by atoms with Crippen molar-refractivity contribution in [1.29, 1.82) is 0 Å². The predicted octanol–water partition coefficient (Wildman–Crippen LogP) is 7.20. The average Bonchev–Trinajstić information content (AvgIpc) is 3.29. The number of hydrogen-bond donors (Lipinski definition) is 8. The summed E-state index contributed by atoms with van der Waals surface area (Å²) >= 11 is 0. The second-order valence-electron chi connectivity index (χ2n) is 14.7. The zero-order valence-corrected chi connectivity index (χ0v) is 38.7. The number of anilines is 2. The molecule has 5 aromatic rings. The molecule has 27 heteroatoms. The fourth-order valence-corrected chi connectivity index (χ4v) is 8.41. The fourth-order valence-electron chi connectivity index (χ4n) is 6.71. The van der Waals surface area contributed by atoms with E-state index >= 15 is 0 Å². The first-order valence-corrected chi connectivity index (χ1v) is 24.3. The molecule has 0 fully saturated rings. The largest absolute Gasteiger partial charge is 0.497 e. The molecule has 0 amide bonds. The molecule has 7 rings (SSSR count). The molecule has 0 heterocycles. The molecule has 0 unspecified atom stereocenters. The van der Waals surface area contributed by atoms with Crippen LogP contribution in [0.4, 0.5) is 34.1 Å². The Morgan fingerprint density at radius 3 is 1.97 bits per heavy atom. The highest BCUT2D eigenvalue weighted by Gasteiger charge is 2.36. The van der Waals surface area contributed by atoms with Crippen LogP contribution in [0, 0.1) is 0 Å². The number of carbonyl (C=O) groups is 3. The SMILES string of the molecule is CCOc1cc(N=Nc2ccc(N=C(O)c3ccc(N/N=C4/C=CC(=O)C(C(=O)O)=C4)cc3)cc2)c2cc(S(=O)(=O)O)ccc2c1N/N=C1\C(=O)c2c(cc(S(=O)(=O)O)cc2N=C(C)O)C=C1S(=O)(=O)O. The smallest absolute Gasteiger partial charge is 0.339 e. The molecule has 0 saturated heterocycles. The molecule has 5 aromatic carbocycles. The summed E-state index contributed by atoms with van der Waals surface area (Å²) in [6.45, 7) is 2.66. The van der Waals surface area contributed by atoms with Crippen LogP contribution in [-0.4, -0.2) is 102 Å². The van der Waals surface area contributed by atoms with Gasteiger partial charge >= 0.3 is 5.97 Å². The van der Waals surface area contributed by atoms with E-state index in [1.165, 1.54) is 54.6 Å². The number of benzene rings is 5. The number of nitrogens with one attached hydrogen (secondary N) is 2. The summed E-state index contributed by atoms with van der Waals surface area (Å²) in [5.41, 5.74) is 3.74. The van der Waals surface area contributed by atoms with Crippen LogP contribution >= 0.6 is 0 Å². The third-order valence-electron chi connectivity index (χ3n) is 9.88. The van der Waals surface area contributed by atoms with E-state index in [2.05, 4.69) is 41.3 Å². The summed E-state index contributed by atoms with van der Waals surface area (Å²) in [4.78, 5) is 42.5. The van der Waals surface area contributed by atoms with E-state index in [0.29, 0.717) is 17.3 Å². The number of aliphatic imine (C=N–C) groups is 2. The Labute approximate surface area is 401 Å². The third kappa shape index (κ3) is 11.5. The Morgan fingerprint density at radius 1 is 0.676 bits per heavy atom. The number of ether oxygens (including phenoxy) is 1. The molecule has 2 aliphatic rings. The zero-order valence-electron chi connectivity index (χ0n) is 36.3. The van der Waals surface area contributed by atoms with Crippen LogP contribution in [0.2, 0.25) is 0 Å². The van der Waals surface area contributed by atoms with Crippen LogP contribution in [0.25, 0.3) is 16.8 Å². The summed E-state index contributed by atoms with van der Waals surface area (Å²) in [5.74, 6) is -4.40. The van der Waals surface area contributed by atoms with Crippen molar-refractivity contribution in [3.05, 3.63) is 130 Å². The first-order chi connectivity index (χ1) is 33.4. The van der Waals surface area contributed by atoms with E-state index in [9.17, 15) is 68.6 Å². The Hall–Kier alpha value is -8.60. The third-order valence-corrected chi connectivity index (χ3v) is 12.4. The predicted molar refractivity (Wildman–Crippen MR) is 258 cm³/mol. The number of carbonyl (C=O) groups excluding carboxylic acids is 2. The van der Waals surface area contributed by atoms with Gasteiger partial charge < -0.3 is 20.1 Å². The fraction of sp³-hybridized carbons (Fsp3) is 0.0682. The van der Waals surface area contributed by atoms with Gasteiger partial charge in [0.25, 0.3) is 30.4 Å². The van der Waals surface area contributed by atoms with Gasteiger partial charge in [-0.15, -0.1) is 5.11 Å². The van der Waals surface area contributed by atoms with Gasteiger partial charge in [-0.05, 0) is 110 Å². The number of allylic oxidation sites excluding steroid dienone is 4. The van der Waals surface area contributed by atoms with Crippen LogP contribution in [-0.2, 0) is 39.9 Å². The molecule has 0 bridgehead atoms. The molecular formula is C44H34N8O16S3. The number of nitrogens with zero attached hydrogens (tertiary/aromatic N) is 6. The van der Waals surface area contributed by atoms with E-state index in [4.69, 9.17) is 4.74 Å². The highest BCUT2D eigenvalue weighted by Crippen LogP contribution is 2.42. The van der Waals surface area contributed by atoms with E-state index in [0.717, 1.165) is 43.3 Å². The van der Waals surface area contributed by atoms with Gasteiger partial charge in [0.1, 0.15) is 21.9 Å². The number of hydrazone groups is 2. The molecule has 0 radical (unpaired) electrons. The van der Waals surface area contributed by atoms with Gasteiger partial charge in [0.15, 0.2) is 17.4 Å². The summed E-state index contributed by atoms with van der Waals surface area (Å²) in [6, 6.07) is 18.2. The summed E-state index contributed by atoms with van der Waals surface area (Å²) < 4.78 is 110. The maximum Gasteiger partial charge on any atom is 0.339 e. The van der Waals surface area contributed by atoms with Gasteiger partial charge in [0.05, 0.1) is 56.1 Å². The monoisotopic (exact) mass is 1030 g/mol. The van der Waals surface area contributed by atoms with Crippen molar-refractivity contribution >= 4 is 122 Å². The first kappa shape index (κ1) is 50.3. The minimum Gasteiger partial charge on any atom is -0.497 e. The van der Waals surface area contributed by atoms with Crippen LogP contribution in [0.1, 0.15) is 35.3 Å². The van der Waals surface area contributed by atoms with Crippen molar-refractivity contribution < 1.29 is 73.4 Å². The molecule has 0 aliphatic heterocycles. The number of Topliss-reactive ketones (excluding diaryl/α,β-unsaturated/α-hetero) is 1. The van der Waals surface area contributed by atoms with Gasteiger partial charge in [-0.2, -0.15) is 40.6 Å². The Balaban J connectivity index is 1.20. The second kappa shape index (κ2) is 19.8. The second-order valence-corrected chi connectivity index (χ2v) is 19.0.